The Morgan fingerprint density at radius 1 is 0.902 bits per heavy atom. The summed E-state index contributed by atoms with van der Waals surface area (Å²) in [5, 5.41) is 18.5. The Labute approximate surface area is 252 Å². The SMILES string of the molecule is CC(C)CCCC(C)[C@H]1CC[C@H]2[C@@H]3C(=O)C=C4C[C@@H](O)CC[C@]4(C)[C@H]3CC[C@]12C.CCCCCCCCCC(=O)O. The number of carboxylic acids is 1. The van der Waals surface area contributed by atoms with Crippen LogP contribution < -0.4 is 0 Å². The van der Waals surface area contributed by atoms with Gasteiger partial charge in [0.05, 0.1) is 6.10 Å². The molecular formula is C37H64O4. The first-order valence-electron chi connectivity index (χ1n) is 17.6. The molecule has 4 aliphatic rings. The number of aliphatic carboxylic acids is 1. The van der Waals surface area contributed by atoms with Crippen LogP contribution in [0.25, 0.3) is 0 Å². The van der Waals surface area contributed by atoms with E-state index < -0.39 is 5.97 Å². The monoisotopic (exact) mass is 572 g/mol. The van der Waals surface area contributed by atoms with E-state index in [1.165, 1.54) is 82.6 Å². The van der Waals surface area contributed by atoms with Crippen LogP contribution in [0, 0.1) is 46.3 Å². The van der Waals surface area contributed by atoms with Gasteiger partial charge in [-0.25, -0.2) is 0 Å². The fraction of sp³-hybridized carbons (Fsp3) is 0.892. The van der Waals surface area contributed by atoms with Crippen LogP contribution in [0.4, 0.5) is 0 Å². The number of rotatable bonds is 13. The maximum atomic E-state index is 13.4. The van der Waals surface area contributed by atoms with E-state index >= 15 is 0 Å². The van der Waals surface area contributed by atoms with E-state index in [4.69, 9.17) is 5.11 Å². The maximum absolute atomic E-state index is 13.4. The molecule has 0 heterocycles. The van der Waals surface area contributed by atoms with Crippen molar-refractivity contribution in [2.45, 2.75) is 163 Å². The topological polar surface area (TPSA) is 74.6 Å². The molecule has 0 aromatic rings. The molecule has 3 fully saturated rings. The first-order valence-corrected chi connectivity index (χ1v) is 17.6. The molecule has 2 N–H and O–H groups in total. The lowest BCUT2D eigenvalue weighted by Crippen LogP contribution is -2.53. The molecule has 0 radical (unpaired) electrons. The van der Waals surface area contributed by atoms with Crippen molar-refractivity contribution >= 4 is 11.8 Å². The molecule has 41 heavy (non-hydrogen) atoms. The summed E-state index contributed by atoms with van der Waals surface area (Å²) in [6.45, 7) is 14.3. The molecule has 4 aliphatic carbocycles. The number of aliphatic hydroxyl groups excluding tert-OH is 1. The second-order valence-corrected chi connectivity index (χ2v) is 15.4. The van der Waals surface area contributed by atoms with Gasteiger partial charge in [-0.05, 0) is 97.9 Å². The summed E-state index contributed by atoms with van der Waals surface area (Å²) in [6, 6.07) is 0. The van der Waals surface area contributed by atoms with Gasteiger partial charge in [-0.3, -0.25) is 9.59 Å². The summed E-state index contributed by atoms with van der Waals surface area (Å²) in [7, 11) is 0. The number of hydrogen-bond donors (Lipinski definition) is 2. The van der Waals surface area contributed by atoms with Crippen LogP contribution in [-0.2, 0) is 9.59 Å². The number of carbonyl (C=O) groups excluding carboxylic acids is 1. The Morgan fingerprint density at radius 3 is 2.24 bits per heavy atom. The molecule has 8 atom stereocenters. The van der Waals surface area contributed by atoms with Crippen LogP contribution in [0.2, 0.25) is 0 Å². The van der Waals surface area contributed by atoms with E-state index in [9.17, 15) is 14.7 Å². The zero-order valence-electron chi connectivity index (χ0n) is 27.6. The molecule has 0 aromatic carbocycles. The van der Waals surface area contributed by atoms with E-state index in [0.29, 0.717) is 29.5 Å². The van der Waals surface area contributed by atoms with Crippen LogP contribution in [0.3, 0.4) is 0 Å². The number of ketones is 1. The van der Waals surface area contributed by atoms with Crippen molar-refractivity contribution in [3.63, 3.8) is 0 Å². The number of unbranched alkanes of at least 4 members (excludes halogenated alkanes) is 6. The molecule has 0 aliphatic heterocycles. The fourth-order valence-corrected chi connectivity index (χ4v) is 9.64. The Morgan fingerprint density at radius 2 is 1.59 bits per heavy atom. The van der Waals surface area contributed by atoms with Gasteiger partial charge in [0.1, 0.15) is 0 Å². The van der Waals surface area contributed by atoms with Crippen molar-refractivity contribution in [1.82, 2.24) is 0 Å². The number of hydrogen-bond acceptors (Lipinski definition) is 3. The maximum Gasteiger partial charge on any atom is 0.303 e. The highest BCUT2D eigenvalue weighted by Crippen LogP contribution is 2.66. The highest BCUT2D eigenvalue weighted by molar-refractivity contribution is 5.94. The van der Waals surface area contributed by atoms with Crippen molar-refractivity contribution < 1.29 is 19.8 Å². The molecule has 236 valence electrons. The molecule has 4 rings (SSSR count). The number of carbonyl (C=O) groups is 2. The Balaban J connectivity index is 0.000000327. The molecule has 1 unspecified atom stereocenters. The lowest BCUT2D eigenvalue weighted by atomic mass is 9.46. The normalized spacial score (nSPS) is 35.1. The van der Waals surface area contributed by atoms with Crippen LogP contribution in [0.5, 0.6) is 0 Å². The van der Waals surface area contributed by atoms with Crippen LogP contribution in [0.1, 0.15) is 157 Å². The van der Waals surface area contributed by atoms with Crippen molar-refractivity contribution in [2.75, 3.05) is 0 Å². The molecular weight excluding hydrogens is 508 g/mol. The van der Waals surface area contributed by atoms with Crippen LogP contribution >= 0.6 is 0 Å². The molecule has 3 saturated carbocycles. The Kier molecular flexibility index (Phi) is 13.0. The molecule has 0 amide bonds. The lowest BCUT2D eigenvalue weighted by molar-refractivity contribution is -0.137. The molecule has 0 saturated heterocycles. The minimum Gasteiger partial charge on any atom is -0.481 e. The third kappa shape index (κ3) is 8.48. The average molecular weight is 573 g/mol. The molecule has 4 nitrogen and oxygen atoms in total. The number of carboxylic acid groups (broad SMARTS) is 1. The van der Waals surface area contributed by atoms with E-state index in [0.717, 1.165) is 49.9 Å². The zero-order valence-corrected chi connectivity index (χ0v) is 27.6. The van der Waals surface area contributed by atoms with Crippen molar-refractivity contribution in [3.05, 3.63) is 11.6 Å². The van der Waals surface area contributed by atoms with Crippen LogP contribution in [0.15, 0.2) is 11.6 Å². The van der Waals surface area contributed by atoms with Gasteiger partial charge in [0.15, 0.2) is 5.78 Å². The van der Waals surface area contributed by atoms with Gasteiger partial charge >= 0.3 is 5.97 Å². The summed E-state index contributed by atoms with van der Waals surface area (Å²) in [4.78, 5) is 23.5. The average Bonchev–Trinajstić information content (AvgIpc) is 3.26. The third-order valence-electron chi connectivity index (χ3n) is 12.1. The second kappa shape index (κ2) is 15.5. The lowest BCUT2D eigenvalue weighted by Gasteiger charge is -2.57. The smallest absolute Gasteiger partial charge is 0.303 e. The summed E-state index contributed by atoms with van der Waals surface area (Å²) in [6.07, 6.45) is 22.2. The number of fused-ring (bicyclic) bond motifs is 5. The summed E-state index contributed by atoms with van der Waals surface area (Å²) in [5.41, 5.74) is 1.77. The predicted molar refractivity (Wildman–Crippen MR) is 170 cm³/mol. The molecule has 0 aromatic heterocycles. The number of aliphatic hydroxyl groups is 1. The van der Waals surface area contributed by atoms with Gasteiger partial charge in [0, 0.05) is 12.3 Å². The summed E-state index contributed by atoms with van der Waals surface area (Å²) in [5.74, 6) is 3.45. The zero-order chi connectivity index (χ0) is 30.2. The van der Waals surface area contributed by atoms with E-state index in [2.05, 4.69) is 41.5 Å². The molecule has 0 spiro atoms. The van der Waals surface area contributed by atoms with Gasteiger partial charge in [0.2, 0.25) is 0 Å². The Hall–Kier alpha value is -1.16. The highest BCUT2D eigenvalue weighted by atomic mass is 16.4. The first kappa shape index (κ1) is 34.3. The van der Waals surface area contributed by atoms with Gasteiger partial charge in [-0.2, -0.15) is 0 Å². The van der Waals surface area contributed by atoms with Gasteiger partial charge in [-0.15, -0.1) is 0 Å². The van der Waals surface area contributed by atoms with E-state index in [1.807, 2.05) is 6.08 Å². The first-order chi connectivity index (χ1) is 19.4. The van der Waals surface area contributed by atoms with Gasteiger partial charge in [-0.1, -0.05) is 105 Å². The largest absolute Gasteiger partial charge is 0.481 e. The van der Waals surface area contributed by atoms with Crippen LogP contribution in [-0.4, -0.2) is 28.1 Å². The number of allylic oxidation sites excluding steroid dienone is 1. The summed E-state index contributed by atoms with van der Waals surface area (Å²) < 4.78 is 0. The quantitative estimate of drug-likeness (QED) is 0.215. The van der Waals surface area contributed by atoms with Gasteiger partial charge in [0.25, 0.3) is 0 Å². The van der Waals surface area contributed by atoms with Crippen molar-refractivity contribution in [2.24, 2.45) is 46.3 Å². The summed E-state index contributed by atoms with van der Waals surface area (Å²) >= 11 is 0. The van der Waals surface area contributed by atoms with E-state index in [-0.39, 0.29) is 17.4 Å². The van der Waals surface area contributed by atoms with Crippen molar-refractivity contribution in [1.29, 1.82) is 0 Å². The highest BCUT2D eigenvalue weighted by Gasteiger charge is 2.61. The fourth-order valence-electron chi connectivity index (χ4n) is 9.64. The minimum atomic E-state index is -0.663. The Bertz CT molecular complexity index is 876. The molecule has 4 heteroatoms. The van der Waals surface area contributed by atoms with E-state index in [1.54, 1.807) is 0 Å². The second-order valence-electron chi connectivity index (χ2n) is 15.4. The van der Waals surface area contributed by atoms with Gasteiger partial charge < -0.3 is 10.2 Å². The van der Waals surface area contributed by atoms with Crippen molar-refractivity contribution in [3.8, 4) is 0 Å². The molecule has 0 bridgehead atoms. The third-order valence-corrected chi connectivity index (χ3v) is 12.1. The standard InChI is InChI=1S/C27H44O2.C10H20O2/c1-17(2)7-6-8-18(3)21-9-10-22-25-23(12-14-27(21,22)5)26(4)13-11-20(28)15-19(26)16-24(25)29;1-2-3-4-5-6-7-8-9-10(11)12/h16-18,20-23,25,28H,6-15H2,1-5H3;2-9H2,1H3,(H,11,12)/t18?,20-,21+,22-,23-,25-,26-,27+;/m0./s1. The minimum absolute atomic E-state index is 0.153. The predicted octanol–water partition coefficient (Wildman–Crippen LogP) is 9.78.